The average molecular weight is 920 g/mol. The van der Waals surface area contributed by atoms with Crippen molar-refractivity contribution < 1.29 is 44.5 Å². The topological polar surface area (TPSA) is 158 Å². The first kappa shape index (κ1) is 57.9. The molecule has 1 amide bonds. The predicted molar refractivity (Wildman–Crippen MR) is 264 cm³/mol. The van der Waals surface area contributed by atoms with E-state index in [2.05, 4.69) is 37.9 Å². The number of unbranched alkanes of at least 4 members (excludes halogenated alkanes) is 20. The fourth-order valence-corrected chi connectivity index (χ4v) is 10.2. The highest BCUT2D eigenvalue weighted by Gasteiger charge is 2.46. The molecular weight excluding hydrogens is 819 g/mol. The standard InChI is InChI=1S/C55H101NO9/c1-4-7-9-11-13-15-20-26-32-43-39-45(43)34-28-22-17-18-24-31-37-49(59)54(62)56-47(42-64-55-53(63-38-6-3)52(61)51(60)50(41-57)65-55)48(58)36-30-25-19-23-29-35-46-40-44(46)33-27-21-16-14-12-10-8-5-2/h6,18,24,43-53,55,57-61H,3-5,7-17,19-23,25-42H2,1-2H3,(H,56,62)/b24-18-/t43-,44+,45+,46-,47+,48-,49-,50-,51+,52+,53-,55-/m1/s1. The highest BCUT2D eigenvalue weighted by atomic mass is 16.7. The fraction of sp³-hybridized carbons (Fsp3) is 0.909. The van der Waals surface area contributed by atoms with Crippen LogP contribution < -0.4 is 5.32 Å². The van der Waals surface area contributed by atoms with Crippen molar-refractivity contribution in [1.29, 1.82) is 0 Å². The molecule has 65 heavy (non-hydrogen) atoms. The number of hydrogen-bond donors (Lipinski definition) is 6. The number of aliphatic hydroxyl groups excluding tert-OH is 5. The number of allylic oxidation sites excluding steroid dienone is 2. The highest BCUT2D eigenvalue weighted by molar-refractivity contribution is 5.80. The van der Waals surface area contributed by atoms with Gasteiger partial charge in [0, 0.05) is 0 Å². The van der Waals surface area contributed by atoms with Crippen molar-refractivity contribution in [1.82, 2.24) is 5.32 Å². The zero-order valence-electron chi connectivity index (χ0n) is 41.7. The smallest absolute Gasteiger partial charge is 0.249 e. The summed E-state index contributed by atoms with van der Waals surface area (Å²) in [6.07, 6.45) is 37.9. The summed E-state index contributed by atoms with van der Waals surface area (Å²) in [7, 11) is 0. The van der Waals surface area contributed by atoms with E-state index < -0.39 is 61.5 Å². The molecule has 380 valence electrons. The van der Waals surface area contributed by atoms with Crippen molar-refractivity contribution in [3.05, 3.63) is 24.8 Å². The minimum Gasteiger partial charge on any atom is -0.394 e. The van der Waals surface area contributed by atoms with Crippen LogP contribution in [0.1, 0.15) is 226 Å². The lowest BCUT2D eigenvalue weighted by atomic mass is 9.99. The Labute approximate surface area is 397 Å². The second-order valence-corrected chi connectivity index (χ2v) is 20.5. The molecule has 10 heteroatoms. The summed E-state index contributed by atoms with van der Waals surface area (Å²) in [5, 5.41) is 56.1. The largest absolute Gasteiger partial charge is 0.394 e. The first-order valence-corrected chi connectivity index (χ1v) is 27.5. The van der Waals surface area contributed by atoms with E-state index in [1.54, 1.807) is 0 Å². The van der Waals surface area contributed by atoms with Crippen molar-refractivity contribution in [3.8, 4) is 0 Å². The van der Waals surface area contributed by atoms with Crippen LogP contribution in [0.15, 0.2) is 24.8 Å². The minimum atomic E-state index is -1.40. The van der Waals surface area contributed by atoms with Crippen LogP contribution in [-0.4, -0.2) is 100 Å². The molecule has 1 heterocycles. The lowest BCUT2D eigenvalue weighted by Gasteiger charge is -2.42. The van der Waals surface area contributed by atoms with Gasteiger partial charge in [-0.1, -0.05) is 199 Å². The molecule has 3 rings (SSSR count). The lowest BCUT2D eigenvalue weighted by molar-refractivity contribution is -0.310. The van der Waals surface area contributed by atoms with Gasteiger partial charge in [-0.05, 0) is 68.6 Å². The summed E-state index contributed by atoms with van der Waals surface area (Å²) in [5.74, 6) is 3.20. The molecule has 0 aromatic heterocycles. The molecule has 0 aromatic carbocycles. The molecule has 0 unspecified atom stereocenters. The Morgan fingerprint density at radius 2 is 1.12 bits per heavy atom. The van der Waals surface area contributed by atoms with Gasteiger partial charge < -0.3 is 45.1 Å². The van der Waals surface area contributed by atoms with E-state index in [4.69, 9.17) is 14.2 Å². The minimum absolute atomic E-state index is 0.0613. The zero-order chi connectivity index (χ0) is 46.9. The normalized spacial score (nSPS) is 26.6. The summed E-state index contributed by atoms with van der Waals surface area (Å²) < 4.78 is 17.5. The molecule has 3 fully saturated rings. The van der Waals surface area contributed by atoms with E-state index in [1.165, 1.54) is 173 Å². The molecule has 2 aliphatic carbocycles. The summed E-state index contributed by atoms with van der Waals surface area (Å²) in [6.45, 7) is 7.53. The van der Waals surface area contributed by atoms with Gasteiger partial charge in [0.25, 0.3) is 0 Å². The predicted octanol–water partition coefficient (Wildman–Crippen LogP) is 11.2. The number of rotatable bonds is 44. The van der Waals surface area contributed by atoms with Crippen LogP contribution in [0.25, 0.3) is 0 Å². The molecule has 0 aromatic rings. The fourth-order valence-electron chi connectivity index (χ4n) is 10.2. The third-order valence-corrected chi connectivity index (χ3v) is 14.8. The second kappa shape index (κ2) is 36.6. The summed E-state index contributed by atoms with van der Waals surface area (Å²) in [5.41, 5.74) is 0. The average Bonchev–Trinajstić information content (AvgIpc) is 4.24. The SMILES string of the molecule is C=CCO[C@H]1[C@H](OC[C@H](NC(=O)[C@H](O)CC/C=C\CCCC[C@H]2C[C@H]2CCCCCCCCCC)[C@H](O)CCCCCCC[C@@H]2C[C@@H]2CCCCCCCCCC)O[C@H](CO)[C@H](O)[C@@H]1O. The number of aliphatic hydroxyl groups is 5. The van der Waals surface area contributed by atoms with E-state index in [-0.39, 0.29) is 19.6 Å². The number of carbonyl (C=O) groups is 1. The molecule has 1 aliphatic heterocycles. The van der Waals surface area contributed by atoms with E-state index in [0.29, 0.717) is 12.8 Å². The van der Waals surface area contributed by atoms with Crippen LogP contribution in [-0.2, 0) is 19.0 Å². The van der Waals surface area contributed by atoms with Crippen molar-refractivity contribution in [2.75, 3.05) is 19.8 Å². The maximum absolute atomic E-state index is 13.3. The Kier molecular flexibility index (Phi) is 32.6. The number of amides is 1. The highest BCUT2D eigenvalue weighted by Crippen LogP contribution is 2.46. The van der Waals surface area contributed by atoms with Crippen LogP contribution >= 0.6 is 0 Å². The number of nitrogens with one attached hydrogen (secondary N) is 1. The van der Waals surface area contributed by atoms with Crippen LogP contribution in [0.2, 0.25) is 0 Å². The van der Waals surface area contributed by atoms with Crippen molar-refractivity contribution >= 4 is 5.91 Å². The lowest BCUT2D eigenvalue weighted by Crippen LogP contribution is -2.61. The Bertz CT molecular complexity index is 1200. The summed E-state index contributed by atoms with van der Waals surface area (Å²) >= 11 is 0. The van der Waals surface area contributed by atoms with Crippen molar-refractivity contribution in [2.45, 2.75) is 275 Å². The van der Waals surface area contributed by atoms with Crippen LogP contribution in [0.3, 0.4) is 0 Å². The molecule has 1 saturated heterocycles. The van der Waals surface area contributed by atoms with Gasteiger partial charge in [-0.25, -0.2) is 0 Å². The molecule has 12 atom stereocenters. The van der Waals surface area contributed by atoms with Gasteiger partial charge in [0.15, 0.2) is 6.29 Å². The molecule has 0 bridgehead atoms. The van der Waals surface area contributed by atoms with Gasteiger partial charge in [-0.2, -0.15) is 0 Å². The third kappa shape index (κ3) is 25.7. The molecule has 2 saturated carbocycles. The molecular formula is C55H101NO9. The number of ether oxygens (including phenoxy) is 3. The Morgan fingerprint density at radius 1 is 0.646 bits per heavy atom. The van der Waals surface area contributed by atoms with Gasteiger partial charge in [-0.3, -0.25) is 4.79 Å². The molecule has 0 spiro atoms. The Hall–Kier alpha value is -1.37. The molecule has 0 radical (unpaired) electrons. The molecule has 10 nitrogen and oxygen atoms in total. The van der Waals surface area contributed by atoms with Crippen molar-refractivity contribution in [3.63, 3.8) is 0 Å². The molecule has 6 N–H and O–H groups in total. The van der Waals surface area contributed by atoms with Gasteiger partial charge in [0.1, 0.15) is 30.5 Å². The quantitative estimate of drug-likeness (QED) is 0.0258. The molecule has 3 aliphatic rings. The van der Waals surface area contributed by atoms with Crippen LogP contribution in [0.5, 0.6) is 0 Å². The summed E-state index contributed by atoms with van der Waals surface area (Å²) in [4.78, 5) is 13.3. The zero-order valence-corrected chi connectivity index (χ0v) is 41.7. The van der Waals surface area contributed by atoms with Crippen LogP contribution in [0.4, 0.5) is 0 Å². The maximum Gasteiger partial charge on any atom is 0.249 e. The third-order valence-electron chi connectivity index (χ3n) is 14.8. The summed E-state index contributed by atoms with van der Waals surface area (Å²) in [6, 6.07) is -0.868. The van der Waals surface area contributed by atoms with Gasteiger partial charge >= 0.3 is 0 Å². The maximum atomic E-state index is 13.3. The van der Waals surface area contributed by atoms with E-state index in [1.807, 2.05) is 0 Å². The van der Waals surface area contributed by atoms with Crippen molar-refractivity contribution in [2.24, 2.45) is 23.7 Å². The van der Waals surface area contributed by atoms with Gasteiger partial charge in [0.2, 0.25) is 5.91 Å². The monoisotopic (exact) mass is 920 g/mol. The van der Waals surface area contributed by atoms with Gasteiger partial charge in [-0.15, -0.1) is 6.58 Å². The number of carbonyl (C=O) groups excluding carboxylic acids is 1. The van der Waals surface area contributed by atoms with E-state index in [9.17, 15) is 30.3 Å². The van der Waals surface area contributed by atoms with Gasteiger partial charge in [0.05, 0.1) is 32.0 Å². The van der Waals surface area contributed by atoms with Crippen LogP contribution in [0, 0.1) is 23.7 Å². The second-order valence-electron chi connectivity index (χ2n) is 20.5. The Morgan fingerprint density at radius 3 is 1.63 bits per heavy atom. The Balaban J connectivity index is 1.34. The first-order chi connectivity index (χ1) is 31.7. The number of hydrogen-bond acceptors (Lipinski definition) is 9. The van der Waals surface area contributed by atoms with E-state index >= 15 is 0 Å². The first-order valence-electron chi connectivity index (χ1n) is 27.5. The van der Waals surface area contributed by atoms with E-state index in [0.717, 1.165) is 49.4 Å².